The number of benzene rings is 8. The maximum absolute atomic E-state index is 5.27. The number of hydrogen-bond donors (Lipinski definition) is 0. The molecule has 0 amide bonds. The molecule has 8 heterocycles. The molecule has 16 aromatic rings. The van der Waals surface area contributed by atoms with Crippen molar-refractivity contribution in [2.24, 2.45) is 0 Å². The van der Waals surface area contributed by atoms with E-state index in [0.717, 1.165) is 167 Å². The Labute approximate surface area is 609 Å². The van der Waals surface area contributed by atoms with E-state index in [4.69, 9.17) is 39.9 Å². The molecule has 104 heavy (non-hydrogen) atoms. The van der Waals surface area contributed by atoms with Crippen LogP contribution in [-0.4, -0.2) is 39.9 Å². The summed E-state index contributed by atoms with van der Waals surface area (Å²) in [4.78, 5) is 51.2. The second-order valence-corrected chi connectivity index (χ2v) is 32.1. The smallest absolute Gasteiger partial charge is 0.113 e. The normalized spacial score (nSPS) is 12.4. The molecule has 0 saturated heterocycles. The SMILES string of the molecule is Cc1cnc2cccnc2c1N(c1ccc(C(C)(C)C)cc1)c1cc(N(c2ccc(C(C)(C)C)cc2)c2c(C)cnc3cccnc23)c2ccc3c(N(c4ccc(C(C)(C)C)cc4)c4c(C)cnc5cccnc45)cc(N(c4ccc(C(C)(C)C)cc4)c4c(C)cnc5cccnc45)c4ccc1c2c43. The van der Waals surface area contributed by atoms with Crippen LogP contribution in [0.4, 0.5) is 68.2 Å². The third-order valence-corrected chi connectivity index (χ3v) is 20.8. The third kappa shape index (κ3) is 11.5. The average molecular weight is 1360 g/mol. The van der Waals surface area contributed by atoms with Gasteiger partial charge >= 0.3 is 0 Å². The van der Waals surface area contributed by atoms with E-state index in [0.29, 0.717) is 0 Å². The summed E-state index contributed by atoms with van der Waals surface area (Å²) in [5.41, 5.74) is 25.8. The van der Waals surface area contributed by atoms with Gasteiger partial charge in [-0.3, -0.25) is 39.9 Å². The Bertz CT molecular complexity index is 5290. The zero-order chi connectivity index (χ0) is 72.5. The zero-order valence-corrected chi connectivity index (χ0v) is 62.3. The topological polar surface area (TPSA) is 116 Å². The molecule has 0 aliphatic heterocycles. The van der Waals surface area contributed by atoms with E-state index in [1.807, 2.05) is 73.8 Å². The summed E-state index contributed by atoms with van der Waals surface area (Å²) in [6.45, 7) is 35.9. The van der Waals surface area contributed by atoms with Gasteiger partial charge in [0.25, 0.3) is 0 Å². The molecule has 0 saturated carbocycles. The number of rotatable bonds is 12. The Morgan fingerprint density at radius 3 is 0.635 bits per heavy atom. The Kier molecular flexibility index (Phi) is 16.1. The first-order chi connectivity index (χ1) is 49.8. The molecule has 8 aromatic carbocycles. The molecule has 0 atom stereocenters. The van der Waals surface area contributed by atoms with Gasteiger partial charge in [-0.05, 0) is 203 Å². The quantitative estimate of drug-likeness (QED) is 0.108. The molecule has 0 radical (unpaired) electrons. The molecule has 12 nitrogen and oxygen atoms in total. The summed E-state index contributed by atoms with van der Waals surface area (Å²) < 4.78 is 0. The van der Waals surface area contributed by atoms with Crippen molar-refractivity contribution in [3.63, 3.8) is 0 Å². The number of aromatic nitrogens is 8. The van der Waals surface area contributed by atoms with Gasteiger partial charge in [0.15, 0.2) is 0 Å². The van der Waals surface area contributed by atoms with E-state index >= 15 is 0 Å². The Morgan fingerprint density at radius 2 is 0.442 bits per heavy atom. The van der Waals surface area contributed by atoms with Crippen molar-refractivity contribution < 1.29 is 0 Å². The average Bonchev–Trinajstić information content (AvgIpc) is 0.695. The van der Waals surface area contributed by atoms with E-state index in [9.17, 15) is 0 Å². The highest BCUT2D eigenvalue weighted by Crippen LogP contribution is 2.57. The number of nitrogens with zero attached hydrogens (tertiary/aromatic N) is 12. The maximum atomic E-state index is 5.27. The second-order valence-electron chi connectivity index (χ2n) is 32.1. The summed E-state index contributed by atoms with van der Waals surface area (Å²) in [6.07, 6.45) is 15.5. The van der Waals surface area contributed by atoms with Crippen molar-refractivity contribution in [3.8, 4) is 0 Å². The van der Waals surface area contributed by atoms with Crippen LogP contribution in [0.25, 0.3) is 76.5 Å². The van der Waals surface area contributed by atoms with Gasteiger partial charge in [-0.25, -0.2) is 0 Å². The summed E-state index contributed by atoms with van der Waals surface area (Å²) in [5.74, 6) is 0. The number of aryl methyl sites for hydroxylation is 4. The van der Waals surface area contributed by atoms with Crippen molar-refractivity contribution in [2.45, 2.75) is 132 Å². The monoisotopic (exact) mass is 1360 g/mol. The fraction of sp³-hybridized carbons (Fsp3) is 0.217. The molecule has 12 heteroatoms. The minimum absolute atomic E-state index is 0.124. The molecule has 0 aliphatic carbocycles. The highest BCUT2D eigenvalue weighted by molar-refractivity contribution is 6.33. The molecule has 514 valence electrons. The van der Waals surface area contributed by atoms with Crippen LogP contribution in [0.5, 0.6) is 0 Å². The summed E-state index contributed by atoms with van der Waals surface area (Å²) >= 11 is 0. The van der Waals surface area contributed by atoms with Crippen LogP contribution in [0, 0.1) is 27.7 Å². The standard InChI is InChI=1S/C92H86N12/c1-55-51-97-71-21-17-45-93-81(71)85(55)101(63-33-25-59(26-34-63)89(5,6)7)75-49-76(102(64-35-27-60(28-36-64)90(8,9)10)86-56(2)52-98-72-22-18-46-94-82(72)86)68-43-44-70-78(104(66-39-31-62(32-40-66)92(14,15)16)88-58(4)54-100-74-24-20-48-96-84(74)88)50-77(69-42-41-67(75)79(68)80(69)70)103(65-37-29-61(30-38-65)91(11,12)13)87-57(3)53-99-73-23-19-47-95-83(73)87/h17-54H,1-16H3. The van der Waals surface area contributed by atoms with Crippen LogP contribution in [0.3, 0.4) is 0 Å². The molecular formula is C92H86N12. The molecule has 0 bridgehead atoms. The fourth-order valence-electron chi connectivity index (χ4n) is 15.2. The number of pyridine rings is 8. The highest BCUT2D eigenvalue weighted by Gasteiger charge is 2.34. The van der Waals surface area contributed by atoms with Crippen LogP contribution in [0.1, 0.15) is 128 Å². The second kappa shape index (κ2) is 25.0. The lowest BCUT2D eigenvalue weighted by molar-refractivity contribution is 0.590. The first-order valence-electron chi connectivity index (χ1n) is 36.0. The van der Waals surface area contributed by atoms with Crippen LogP contribution in [0.15, 0.2) is 232 Å². The van der Waals surface area contributed by atoms with Crippen molar-refractivity contribution in [1.29, 1.82) is 0 Å². The van der Waals surface area contributed by atoms with Crippen molar-refractivity contribution >= 4 is 145 Å². The van der Waals surface area contributed by atoms with Gasteiger partial charge in [-0.15, -0.1) is 0 Å². The first kappa shape index (κ1) is 66.8. The Morgan fingerprint density at radius 1 is 0.240 bits per heavy atom. The molecule has 8 aromatic heterocycles. The van der Waals surface area contributed by atoms with Gasteiger partial charge in [0.1, 0.15) is 22.1 Å². The van der Waals surface area contributed by atoms with Crippen molar-refractivity contribution in [1.82, 2.24) is 39.9 Å². The molecule has 0 spiro atoms. The van der Waals surface area contributed by atoms with Gasteiger partial charge in [-0.2, -0.15) is 0 Å². The predicted octanol–water partition coefficient (Wildman–Crippen LogP) is 24.7. The molecule has 16 rings (SSSR count). The Balaban J connectivity index is 1.15. The maximum Gasteiger partial charge on any atom is 0.113 e. The van der Waals surface area contributed by atoms with Gasteiger partial charge in [0.2, 0.25) is 0 Å². The minimum Gasteiger partial charge on any atom is -0.307 e. The molecule has 0 N–H and O–H groups in total. The van der Waals surface area contributed by atoms with Crippen LogP contribution in [0.2, 0.25) is 0 Å². The third-order valence-electron chi connectivity index (χ3n) is 20.8. The van der Waals surface area contributed by atoms with E-state index in [2.05, 4.69) is 288 Å². The van der Waals surface area contributed by atoms with E-state index in [-0.39, 0.29) is 21.7 Å². The minimum atomic E-state index is -0.124. The number of hydrogen-bond acceptors (Lipinski definition) is 12. The van der Waals surface area contributed by atoms with Gasteiger partial charge in [0, 0.05) is 105 Å². The lowest BCUT2D eigenvalue weighted by Gasteiger charge is -2.36. The van der Waals surface area contributed by atoms with E-state index in [1.165, 1.54) is 22.3 Å². The van der Waals surface area contributed by atoms with Crippen molar-refractivity contribution in [3.05, 3.63) is 276 Å². The van der Waals surface area contributed by atoms with Crippen LogP contribution in [-0.2, 0) is 21.7 Å². The van der Waals surface area contributed by atoms with Gasteiger partial charge < -0.3 is 19.6 Å². The lowest BCUT2D eigenvalue weighted by atomic mass is 9.86. The van der Waals surface area contributed by atoms with Gasteiger partial charge in [-0.1, -0.05) is 156 Å². The first-order valence-corrected chi connectivity index (χ1v) is 36.0. The number of fused-ring (bicyclic) bond motifs is 4. The van der Waals surface area contributed by atoms with Gasteiger partial charge in [0.05, 0.1) is 67.6 Å². The molecular weight excluding hydrogens is 1270 g/mol. The molecule has 0 fully saturated rings. The zero-order valence-electron chi connectivity index (χ0n) is 62.3. The van der Waals surface area contributed by atoms with E-state index < -0.39 is 0 Å². The highest BCUT2D eigenvalue weighted by atomic mass is 15.2. The molecule has 0 aliphatic rings. The van der Waals surface area contributed by atoms with Crippen LogP contribution >= 0.6 is 0 Å². The predicted molar refractivity (Wildman–Crippen MR) is 435 cm³/mol. The summed E-state index contributed by atoms with van der Waals surface area (Å²) in [6, 6.07) is 67.1. The van der Waals surface area contributed by atoms with Crippen LogP contribution < -0.4 is 19.6 Å². The largest absolute Gasteiger partial charge is 0.307 e. The Hall–Kier alpha value is -11.8. The summed E-state index contributed by atoms with van der Waals surface area (Å²) in [7, 11) is 0. The molecule has 0 unspecified atom stereocenters. The lowest BCUT2D eigenvalue weighted by Crippen LogP contribution is -2.19. The van der Waals surface area contributed by atoms with E-state index in [1.54, 1.807) is 0 Å². The summed E-state index contributed by atoms with van der Waals surface area (Å²) in [5, 5.41) is 6.17. The number of anilines is 12. The van der Waals surface area contributed by atoms with Crippen molar-refractivity contribution in [2.75, 3.05) is 19.6 Å². The fourth-order valence-corrected chi connectivity index (χ4v) is 15.2.